The molecule has 3 rings (SSSR count). The molecule has 0 radical (unpaired) electrons. The van der Waals surface area contributed by atoms with E-state index in [1.807, 2.05) is 25.1 Å². The van der Waals surface area contributed by atoms with Crippen molar-refractivity contribution in [1.29, 1.82) is 0 Å². The topological polar surface area (TPSA) is 50.4 Å². The monoisotopic (exact) mass is 274 g/mol. The van der Waals surface area contributed by atoms with Crippen LogP contribution in [0, 0.1) is 0 Å². The quantitative estimate of drug-likeness (QED) is 0.886. The molecule has 0 aromatic heterocycles. The van der Waals surface area contributed by atoms with Crippen LogP contribution in [0.25, 0.3) is 0 Å². The van der Waals surface area contributed by atoms with Crippen molar-refractivity contribution in [2.75, 3.05) is 18.5 Å². The summed E-state index contributed by atoms with van der Waals surface area (Å²) in [6, 6.07) is 6.22. The maximum Gasteiger partial charge on any atom is 0.251 e. The average Bonchev–Trinajstić information content (AvgIpc) is 2.44. The molecule has 0 spiro atoms. The molecule has 1 aromatic carbocycles. The molecule has 20 heavy (non-hydrogen) atoms. The second-order valence-electron chi connectivity index (χ2n) is 5.62. The molecule has 1 fully saturated rings. The van der Waals surface area contributed by atoms with Gasteiger partial charge in [0.1, 0.15) is 0 Å². The number of carbonyl (C=O) groups excluding carboxylic acids is 1. The van der Waals surface area contributed by atoms with Crippen LogP contribution in [0.2, 0.25) is 0 Å². The molecule has 1 amide bonds. The van der Waals surface area contributed by atoms with Crippen LogP contribution in [0.4, 0.5) is 5.69 Å². The lowest BCUT2D eigenvalue weighted by Gasteiger charge is -2.35. The Morgan fingerprint density at radius 3 is 3.10 bits per heavy atom. The van der Waals surface area contributed by atoms with Gasteiger partial charge in [-0.3, -0.25) is 4.79 Å². The van der Waals surface area contributed by atoms with Gasteiger partial charge in [0.25, 0.3) is 5.91 Å². The fraction of sp³-hybridized carbons (Fsp3) is 0.562. The molecule has 0 bridgehead atoms. The maximum atomic E-state index is 12.2. The third-order valence-electron chi connectivity index (χ3n) is 4.14. The van der Waals surface area contributed by atoms with E-state index in [9.17, 15) is 4.79 Å². The third kappa shape index (κ3) is 2.80. The van der Waals surface area contributed by atoms with Crippen LogP contribution >= 0.6 is 0 Å². The number of amides is 1. The number of rotatable bonds is 4. The molecule has 1 saturated carbocycles. The van der Waals surface area contributed by atoms with Gasteiger partial charge in [0.15, 0.2) is 0 Å². The number of aryl methyl sites for hydroxylation is 1. The zero-order valence-corrected chi connectivity index (χ0v) is 11.9. The Labute approximate surface area is 119 Å². The lowest BCUT2D eigenvalue weighted by molar-refractivity contribution is -0.00862. The predicted octanol–water partition coefficient (Wildman–Crippen LogP) is 2.34. The number of hydrogen-bond donors (Lipinski definition) is 2. The van der Waals surface area contributed by atoms with Gasteiger partial charge in [-0.1, -0.05) is 0 Å². The summed E-state index contributed by atoms with van der Waals surface area (Å²) in [5.74, 6) is 0.0401. The first-order valence-corrected chi connectivity index (χ1v) is 7.55. The predicted molar refractivity (Wildman–Crippen MR) is 79.2 cm³/mol. The Morgan fingerprint density at radius 1 is 1.45 bits per heavy atom. The molecule has 1 aromatic rings. The van der Waals surface area contributed by atoms with Crippen molar-refractivity contribution in [3.63, 3.8) is 0 Å². The summed E-state index contributed by atoms with van der Waals surface area (Å²) in [7, 11) is 0. The molecule has 4 heteroatoms. The normalized spacial score (nSPS) is 24.2. The molecule has 1 aliphatic carbocycles. The fourth-order valence-corrected chi connectivity index (χ4v) is 2.94. The second kappa shape index (κ2) is 5.83. The molecule has 2 N–H and O–H groups in total. The molecule has 4 nitrogen and oxygen atoms in total. The van der Waals surface area contributed by atoms with E-state index in [-0.39, 0.29) is 11.9 Å². The summed E-state index contributed by atoms with van der Waals surface area (Å²) in [6.45, 7) is 3.79. The smallest absolute Gasteiger partial charge is 0.251 e. The number of anilines is 1. The molecule has 2 aliphatic rings. The highest BCUT2D eigenvalue weighted by atomic mass is 16.5. The van der Waals surface area contributed by atoms with Crippen LogP contribution in [-0.2, 0) is 11.2 Å². The van der Waals surface area contributed by atoms with E-state index >= 15 is 0 Å². The summed E-state index contributed by atoms with van der Waals surface area (Å²) in [6.07, 6.45) is 4.40. The summed E-state index contributed by atoms with van der Waals surface area (Å²) < 4.78 is 5.51. The van der Waals surface area contributed by atoms with E-state index in [1.54, 1.807) is 0 Å². The molecular formula is C16H22N2O2. The Hall–Kier alpha value is -1.55. The van der Waals surface area contributed by atoms with Crippen molar-refractivity contribution >= 4 is 11.6 Å². The molecular weight excluding hydrogens is 252 g/mol. The molecule has 0 unspecified atom stereocenters. The molecule has 1 aliphatic heterocycles. The van der Waals surface area contributed by atoms with Crippen LogP contribution in [0.1, 0.15) is 42.1 Å². The van der Waals surface area contributed by atoms with Crippen molar-refractivity contribution in [2.45, 2.75) is 44.8 Å². The minimum absolute atomic E-state index is 0.0401. The van der Waals surface area contributed by atoms with E-state index in [1.165, 1.54) is 11.3 Å². The van der Waals surface area contributed by atoms with E-state index < -0.39 is 0 Å². The minimum atomic E-state index is 0.0401. The van der Waals surface area contributed by atoms with Crippen LogP contribution in [-0.4, -0.2) is 31.2 Å². The number of carbonyl (C=O) groups is 1. The number of hydrogen-bond acceptors (Lipinski definition) is 3. The van der Waals surface area contributed by atoms with Crippen LogP contribution < -0.4 is 10.6 Å². The van der Waals surface area contributed by atoms with Gasteiger partial charge in [-0.2, -0.15) is 0 Å². The van der Waals surface area contributed by atoms with Crippen molar-refractivity contribution < 1.29 is 9.53 Å². The zero-order chi connectivity index (χ0) is 13.9. The summed E-state index contributed by atoms with van der Waals surface area (Å²) in [4.78, 5) is 12.2. The Balaban J connectivity index is 1.58. The van der Waals surface area contributed by atoms with Gasteiger partial charge in [-0.05, 0) is 56.4 Å². The average molecular weight is 274 g/mol. The highest BCUT2D eigenvalue weighted by molar-refractivity contribution is 5.95. The van der Waals surface area contributed by atoms with Crippen LogP contribution in [0.5, 0.6) is 0 Å². The zero-order valence-electron chi connectivity index (χ0n) is 11.9. The minimum Gasteiger partial charge on any atom is -0.385 e. The van der Waals surface area contributed by atoms with Gasteiger partial charge in [0.05, 0.1) is 6.10 Å². The lowest BCUT2D eigenvalue weighted by atomic mass is 9.89. The van der Waals surface area contributed by atoms with E-state index in [4.69, 9.17) is 4.74 Å². The standard InChI is InChI=1S/C16H22N2O2/c1-2-20-14-9-13(10-14)18-16(19)12-5-6-15-11(8-12)4-3-7-17-15/h5-6,8,13-14,17H,2-4,7,9-10H2,1H3,(H,18,19). The van der Waals surface area contributed by atoms with Gasteiger partial charge >= 0.3 is 0 Å². The summed E-state index contributed by atoms with van der Waals surface area (Å²) in [5, 5.41) is 6.45. The SMILES string of the molecule is CCOC1CC(NC(=O)c2ccc3c(c2)CCCN3)C1. The largest absolute Gasteiger partial charge is 0.385 e. The van der Waals surface area contributed by atoms with Crippen molar-refractivity contribution in [2.24, 2.45) is 0 Å². The van der Waals surface area contributed by atoms with Gasteiger partial charge in [-0.25, -0.2) is 0 Å². The first-order valence-electron chi connectivity index (χ1n) is 7.55. The number of nitrogens with one attached hydrogen (secondary N) is 2. The van der Waals surface area contributed by atoms with Crippen molar-refractivity contribution in [3.8, 4) is 0 Å². The fourth-order valence-electron chi connectivity index (χ4n) is 2.94. The van der Waals surface area contributed by atoms with E-state index in [0.29, 0.717) is 6.10 Å². The second-order valence-corrected chi connectivity index (χ2v) is 5.62. The van der Waals surface area contributed by atoms with Crippen molar-refractivity contribution in [3.05, 3.63) is 29.3 Å². The first-order chi connectivity index (χ1) is 9.76. The van der Waals surface area contributed by atoms with Gasteiger partial charge in [0.2, 0.25) is 0 Å². The van der Waals surface area contributed by atoms with E-state index in [0.717, 1.165) is 44.4 Å². The highest BCUT2D eigenvalue weighted by Crippen LogP contribution is 2.25. The Kier molecular flexibility index (Phi) is 3.92. The number of benzene rings is 1. The van der Waals surface area contributed by atoms with Gasteiger partial charge < -0.3 is 15.4 Å². The summed E-state index contributed by atoms with van der Waals surface area (Å²) in [5.41, 5.74) is 3.20. The highest BCUT2D eigenvalue weighted by Gasteiger charge is 2.30. The molecule has 1 heterocycles. The molecule has 0 atom stereocenters. The van der Waals surface area contributed by atoms with Crippen LogP contribution in [0.3, 0.4) is 0 Å². The van der Waals surface area contributed by atoms with Crippen molar-refractivity contribution in [1.82, 2.24) is 5.32 Å². The van der Waals surface area contributed by atoms with Gasteiger partial charge in [0, 0.05) is 30.4 Å². The third-order valence-corrected chi connectivity index (χ3v) is 4.14. The molecule has 0 saturated heterocycles. The Bertz CT molecular complexity index is 495. The first kappa shape index (κ1) is 13.4. The Morgan fingerprint density at radius 2 is 2.30 bits per heavy atom. The van der Waals surface area contributed by atoms with Crippen LogP contribution in [0.15, 0.2) is 18.2 Å². The maximum absolute atomic E-state index is 12.2. The number of ether oxygens (including phenoxy) is 1. The molecule has 108 valence electrons. The lowest BCUT2D eigenvalue weighted by Crippen LogP contribution is -2.47. The van der Waals surface area contributed by atoms with Gasteiger partial charge in [-0.15, -0.1) is 0 Å². The number of fused-ring (bicyclic) bond motifs is 1. The summed E-state index contributed by atoms with van der Waals surface area (Å²) >= 11 is 0. The van der Waals surface area contributed by atoms with E-state index in [2.05, 4.69) is 10.6 Å².